The monoisotopic (exact) mass is 246 g/mol. The number of piperidine rings is 1. The summed E-state index contributed by atoms with van der Waals surface area (Å²) in [5.74, 6) is 0.158. The van der Waals surface area contributed by atoms with Gasteiger partial charge in [0.25, 0.3) is 0 Å². The van der Waals surface area contributed by atoms with Crippen molar-refractivity contribution in [2.75, 3.05) is 13.1 Å². The standard InChI is InChI=1S/C15H22N2O/c1-12(13-7-4-3-5-8-13)17-14(18)15(2)9-6-10-16-11-15/h3-5,7-8,12,16H,6,9-11H2,1-2H3,(H,17,18)/t12-,15?/m0/s1. The Morgan fingerprint density at radius 2 is 2.11 bits per heavy atom. The van der Waals surface area contributed by atoms with Crippen LogP contribution in [0.25, 0.3) is 0 Å². The molecule has 1 fully saturated rings. The maximum Gasteiger partial charge on any atom is 0.227 e. The normalized spacial score (nSPS) is 25.4. The van der Waals surface area contributed by atoms with Crippen molar-refractivity contribution in [3.63, 3.8) is 0 Å². The summed E-state index contributed by atoms with van der Waals surface area (Å²) in [4.78, 5) is 12.4. The van der Waals surface area contributed by atoms with E-state index in [-0.39, 0.29) is 17.4 Å². The first kappa shape index (κ1) is 13.1. The van der Waals surface area contributed by atoms with Gasteiger partial charge in [-0.05, 0) is 38.8 Å². The van der Waals surface area contributed by atoms with Crippen LogP contribution in [0.1, 0.15) is 38.3 Å². The highest BCUT2D eigenvalue weighted by Gasteiger charge is 2.35. The number of rotatable bonds is 3. The van der Waals surface area contributed by atoms with Gasteiger partial charge in [-0.1, -0.05) is 30.3 Å². The van der Waals surface area contributed by atoms with Crippen molar-refractivity contribution in [3.05, 3.63) is 35.9 Å². The first-order chi connectivity index (χ1) is 8.62. The summed E-state index contributed by atoms with van der Waals surface area (Å²) in [6.07, 6.45) is 2.04. The number of benzene rings is 1. The predicted molar refractivity (Wildman–Crippen MR) is 73.2 cm³/mol. The number of carbonyl (C=O) groups excluding carboxylic acids is 1. The van der Waals surface area contributed by atoms with Crippen molar-refractivity contribution in [1.29, 1.82) is 0 Å². The van der Waals surface area contributed by atoms with Crippen LogP contribution in [0.5, 0.6) is 0 Å². The van der Waals surface area contributed by atoms with Crippen molar-refractivity contribution in [1.82, 2.24) is 10.6 Å². The van der Waals surface area contributed by atoms with Crippen LogP contribution in [-0.4, -0.2) is 19.0 Å². The van der Waals surface area contributed by atoms with E-state index in [0.717, 1.165) is 31.5 Å². The van der Waals surface area contributed by atoms with Crippen molar-refractivity contribution in [2.45, 2.75) is 32.7 Å². The van der Waals surface area contributed by atoms with Gasteiger partial charge in [-0.25, -0.2) is 0 Å². The van der Waals surface area contributed by atoms with Crippen molar-refractivity contribution in [3.8, 4) is 0 Å². The lowest BCUT2D eigenvalue weighted by molar-refractivity contribution is -0.131. The molecule has 3 nitrogen and oxygen atoms in total. The number of carbonyl (C=O) groups is 1. The Morgan fingerprint density at radius 3 is 2.72 bits per heavy atom. The third kappa shape index (κ3) is 2.91. The zero-order valence-electron chi connectivity index (χ0n) is 11.2. The van der Waals surface area contributed by atoms with Gasteiger partial charge in [-0.3, -0.25) is 4.79 Å². The van der Waals surface area contributed by atoms with E-state index in [0.29, 0.717) is 0 Å². The molecule has 0 saturated carbocycles. The first-order valence-corrected chi connectivity index (χ1v) is 6.68. The Bertz CT molecular complexity index is 396. The van der Waals surface area contributed by atoms with Crippen LogP contribution in [0.4, 0.5) is 0 Å². The molecule has 1 aromatic carbocycles. The highest BCUT2D eigenvalue weighted by atomic mass is 16.2. The highest BCUT2D eigenvalue weighted by molar-refractivity contribution is 5.83. The highest BCUT2D eigenvalue weighted by Crippen LogP contribution is 2.26. The molecule has 0 bridgehead atoms. The summed E-state index contributed by atoms with van der Waals surface area (Å²) in [7, 11) is 0. The Labute approximate surface area is 109 Å². The van der Waals surface area contributed by atoms with Gasteiger partial charge >= 0.3 is 0 Å². The summed E-state index contributed by atoms with van der Waals surface area (Å²) >= 11 is 0. The Morgan fingerprint density at radius 1 is 1.39 bits per heavy atom. The molecule has 2 atom stereocenters. The maximum absolute atomic E-state index is 12.4. The number of hydrogen-bond donors (Lipinski definition) is 2. The Kier molecular flexibility index (Phi) is 4.02. The van der Waals surface area contributed by atoms with E-state index < -0.39 is 0 Å². The smallest absolute Gasteiger partial charge is 0.227 e. The minimum Gasteiger partial charge on any atom is -0.349 e. The second-order valence-corrected chi connectivity index (χ2v) is 5.45. The predicted octanol–water partition coefficient (Wildman–Crippen LogP) is 2.25. The van der Waals surface area contributed by atoms with Crippen LogP contribution >= 0.6 is 0 Å². The van der Waals surface area contributed by atoms with E-state index >= 15 is 0 Å². The van der Waals surface area contributed by atoms with Crippen LogP contribution in [0, 0.1) is 5.41 Å². The molecule has 18 heavy (non-hydrogen) atoms. The molecule has 1 heterocycles. The van der Waals surface area contributed by atoms with E-state index in [1.807, 2.05) is 44.2 Å². The minimum absolute atomic E-state index is 0.0671. The molecule has 0 spiro atoms. The molecule has 1 amide bonds. The molecule has 0 aromatic heterocycles. The van der Waals surface area contributed by atoms with Gasteiger partial charge in [-0.15, -0.1) is 0 Å². The number of nitrogens with one attached hydrogen (secondary N) is 2. The summed E-state index contributed by atoms with van der Waals surface area (Å²) in [6, 6.07) is 10.2. The zero-order chi connectivity index (χ0) is 13.0. The molecule has 1 unspecified atom stereocenters. The SMILES string of the molecule is C[C@H](NC(=O)C1(C)CCCNC1)c1ccccc1. The lowest BCUT2D eigenvalue weighted by Crippen LogP contribution is -2.49. The van der Waals surface area contributed by atoms with Crippen LogP contribution < -0.4 is 10.6 Å². The maximum atomic E-state index is 12.4. The van der Waals surface area contributed by atoms with Crippen LogP contribution in [0.3, 0.4) is 0 Å². The lowest BCUT2D eigenvalue weighted by atomic mass is 9.81. The van der Waals surface area contributed by atoms with Crippen molar-refractivity contribution >= 4 is 5.91 Å². The van der Waals surface area contributed by atoms with E-state index in [1.165, 1.54) is 0 Å². The average Bonchev–Trinajstić information content (AvgIpc) is 2.40. The second-order valence-electron chi connectivity index (χ2n) is 5.45. The molecular weight excluding hydrogens is 224 g/mol. The van der Waals surface area contributed by atoms with Crippen LogP contribution in [0.2, 0.25) is 0 Å². The van der Waals surface area contributed by atoms with Gasteiger partial charge in [0, 0.05) is 6.54 Å². The van der Waals surface area contributed by atoms with Crippen molar-refractivity contribution in [2.24, 2.45) is 5.41 Å². The molecule has 3 heteroatoms. The average molecular weight is 246 g/mol. The fraction of sp³-hybridized carbons (Fsp3) is 0.533. The molecule has 1 aliphatic heterocycles. The number of amides is 1. The van der Waals surface area contributed by atoms with E-state index in [9.17, 15) is 4.79 Å². The molecule has 2 N–H and O–H groups in total. The molecule has 0 radical (unpaired) electrons. The fourth-order valence-electron chi connectivity index (χ4n) is 2.45. The van der Waals surface area contributed by atoms with E-state index in [2.05, 4.69) is 10.6 Å². The lowest BCUT2D eigenvalue weighted by Gasteiger charge is -2.33. The van der Waals surface area contributed by atoms with Gasteiger partial charge in [-0.2, -0.15) is 0 Å². The molecule has 98 valence electrons. The largest absolute Gasteiger partial charge is 0.349 e. The third-order valence-corrected chi connectivity index (χ3v) is 3.79. The Balaban J connectivity index is 1.98. The molecule has 1 saturated heterocycles. The summed E-state index contributed by atoms with van der Waals surface area (Å²) in [6.45, 7) is 5.89. The van der Waals surface area contributed by atoms with Crippen molar-refractivity contribution < 1.29 is 4.79 Å². The third-order valence-electron chi connectivity index (χ3n) is 3.79. The van der Waals surface area contributed by atoms with Crippen LogP contribution in [0.15, 0.2) is 30.3 Å². The molecular formula is C15H22N2O. The minimum atomic E-state index is -0.263. The fourth-order valence-corrected chi connectivity index (χ4v) is 2.45. The molecule has 2 rings (SSSR count). The Hall–Kier alpha value is -1.35. The molecule has 1 aliphatic rings. The second kappa shape index (κ2) is 5.53. The number of hydrogen-bond acceptors (Lipinski definition) is 2. The summed E-state index contributed by atoms with van der Waals surface area (Å²) in [5, 5.41) is 6.44. The van der Waals surface area contributed by atoms with Gasteiger partial charge in [0.2, 0.25) is 5.91 Å². The molecule has 1 aromatic rings. The summed E-state index contributed by atoms with van der Waals surface area (Å²) < 4.78 is 0. The van der Waals surface area contributed by atoms with Gasteiger partial charge in [0.15, 0.2) is 0 Å². The van der Waals surface area contributed by atoms with Gasteiger partial charge in [0.05, 0.1) is 11.5 Å². The van der Waals surface area contributed by atoms with Gasteiger partial charge < -0.3 is 10.6 Å². The summed E-state index contributed by atoms with van der Waals surface area (Å²) in [5.41, 5.74) is 0.889. The van der Waals surface area contributed by atoms with Crippen LogP contribution in [-0.2, 0) is 4.79 Å². The molecule has 0 aliphatic carbocycles. The topological polar surface area (TPSA) is 41.1 Å². The first-order valence-electron chi connectivity index (χ1n) is 6.68. The van der Waals surface area contributed by atoms with Gasteiger partial charge in [0.1, 0.15) is 0 Å². The zero-order valence-corrected chi connectivity index (χ0v) is 11.2. The quantitative estimate of drug-likeness (QED) is 0.859. The van der Waals surface area contributed by atoms with E-state index in [4.69, 9.17) is 0 Å². The van der Waals surface area contributed by atoms with E-state index in [1.54, 1.807) is 0 Å².